The van der Waals surface area contributed by atoms with E-state index in [0.29, 0.717) is 17.2 Å². The van der Waals surface area contributed by atoms with Crippen molar-refractivity contribution in [2.45, 2.75) is 13.8 Å². The first-order valence-electron chi connectivity index (χ1n) is 11.9. The minimum absolute atomic E-state index is 0.207. The molecule has 0 bridgehead atoms. The van der Waals surface area contributed by atoms with Gasteiger partial charge in [0.15, 0.2) is 0 Å². The molecule has 0 atom stereocenters. The minimum atomic E-state index is -0.445. The highest BCUT2D eigenvalue weighted by atomic mass is 16.2. The molecule has 5 aromatic rings. The predicted molar refractivity (Wildman–Crippen MR) is 142 cm³/mol. The smallest absolute Gasteiger partial charge is 0.266 e. The van der Waals surface area contributed by atoms with Gasteiger partial charge >= 0.3 is 0 Å². The van der Waals surface area contributed by atoms with Crippen LogP contribution in [0.4, 0.5) is 11.5 Å². The number of hydrogen-bond donors (Lipinski definition) is 1. The van der Waals surface area contributed by atoms with Crippen molar-refractivity contribution >= 4 is 34.9 Å². The van der Waals surface area contributed by atoms with Crippen molar-refractivity contribution in [1.29, 1.82) is 0 Å². The number of nitrogens with zero attached hydrogens (tertiary/aromatic N) is 3. The van der Waals surface area contributed by atoms with Crippen LogP contribution in [0.3, 0.4) is 0 Å². The number of aromatic nitrogens is 2. The summed E-state index contributed by atoms with van der Waals surface area (Å²) in [6.45, 7) is 3.81. The summed E-state index contributed by atoms with van der Waals surface area (Å²) < 4.78 is 1.84. The molecule has 6 rings (SSSR count). The Labute approximate surface area is 213 Å². The second kappa shape index (κ2) is 8.57. The average Bonchev–Trinajstić information content (AvgIpc) is 3.40. The van der Waals surface area contributed by atoms with Crippen molar-refractivity contribution in [3.63, 3.8) is 0 Å². The Hall–Kier alpha value is -5.04. The monoisotopic (exact) mass is 486 g/mol. The van der Waals surface area contributed by atoms with Gasteiger partial charge in [-0.3, -0.25) is 18.8 Å². The maximum Gasteiger partial charge on any atom is 0.266 e. The maximum absolute atomic E-state index is 13.5. The molecule has 1 aliphatic rings. The Morgan fingerprint density at radius 2 is 1.49 bits per heavy atom. The molecule has 0 spiro atoms. The zero-order chi connectivity index (χ0) is 25.7. The number of carbonyl (C=O) groups is 3. The topological polar surface area (TPSA) is 83.8 Å². The van der Waals surface area contributed by atoms with Crippen LogP contribution < -0.4 is 10.2 Å². The third-order valence-electron chi connectivity index (χ3n) is 6.63. The van der Waals surface area contributed by atoms with E-state index in [4.69, 9.17) is 4.98 Å². The molecule has 3 aromatic carbocycles. The number of pyridine rings is 1. The van der Waals surface area contributed by atoms with E-state index < -0.39 is 17.7 Å². The second-order valence-electron chi connectivity index (χ2n) is 9.01. The largest absolute Gasteiger partial charge is 0.306 e. The number of benzene rings is 3. The maximum atomic E-state index is 13.5. The van der Waals surface area contributed by atoms with Gasteiger partial charge in [0.25, 0.3) is 17.7 Å². The molecule has 3 amide bonds. The molecule has 2 aromatic heterocycles. The number of imide groups is 1. The standard InChI is InChI=1S/C30H22N4O3/c1-18-9-6-7-13-24(18)34-29(36)22-15-14-21(17-23(22)30(34)37)28(35)32-27-25(20-11-4-3-5-12-20)31-26-19(2)10-8-16-33(26)27/h3-17H,1-2H3,(H,32,35). The molecule has 1 N–H and O–H groups in total. The highest BCUT2D eigenvalue weighted by Crippen LogP contribution is 2.33. The Bertz CT molecular complexity index is 1740. The predicted octanol–water partition coefficient (Wildman–Crippen LogP) is 5.67. The summed E-state index contributed by atoms with van der Waals surface area (Å²) in [4.78, 5) is 45.8. The van der Waals surface area contributed by atoms with E-state index in [1.807, 2.05) is 79.0 Å². The van der Waals surface area contributed by atoms with Crippen LogP contribution >= 0.6 is 0 Å². The van der Waals surface area contributed by atoms with Gasteiger partial charge in [-0.25, -0.2) is 9.88 Å². The Kier molecular flexibility index (Phi) is 5.19. The highest BCUT2D eigenvalue weighted by molar-refractivity contribution is 6.35. The zero-order valence-electron chi connectivity index (χ0n) is 20.2. The van der Waals surface area contributed by atoms with Gasteiger partial charge in [0.1, 0.15) is 17.2 Å². The lowest BCUT2D eigenvalue weighted by Gasteiger charge is -2.16. The number of amides is 3. The van der Waals surface area contributed by atoms with Gasteiger partial charge in [-0.1, -0.05) is 54.6 Å². The quantitative estimate of drug-likeness (QED) is 0.332. The molecule has 0 unspecified atom stereocenters. The van der Waals surface area contributed by atoms with E-state index in [1.165, 1.54) is 11.0 Å². The normalized spacial score (nSPS) is 12.8. The van der Waals surface area contributed by atoms with Gasteiger partial charge in [0.05, 0.1) is 16.8 Å². The Balaban J connectivity index is 1.38. The van der Waals surface area contributed by atoms with Crippen molar-refractivity contribution in [1.82, 2.24) is 9.38 Å². The van der Waals surface area contributed by atoms with E-state index in [2.05, 4.69) is 5.32 Å². The minimum Gasteiger partial charge on any atom is -0.306 e. The first-order valence-corrected chi connectivity index (χ1v) is 11.9. The summed E-state index contributed by atoms with van der Waals surface area (Å²) in [7, 11) is 0. The van der Waals surface area contributed by atoms with E-state index in [0.717, 1.165) is 22.3 Å². The van der Waals surface area contributed by atoms with E-state index in [9.17, 15) is 14.4 Å². The first kappa shape index (κ1) is 22.4. The lowest BCUT2D eigenvalue weighted by molar-refractivity contribution is 0.0925. The fourth-order valence-corrected chi connectivity index (χ4v) is 4.72. The third kappa shape index (κ3) is 3.60. The molecular weight excluding hydrogens is 464 g/mol. The van der Waals surface area contributed by atoms with Crippen LogP contribution in [-0.2, 0) is 0 Å². The summed E-state index contributed by atoms with van der Waals surface area (Å²) in [6.07, 6.45) is 1.85. The summed E-state index contributed by atoms with van der Waals surface area (Å²) in [5.74, 6) is -0.721. The van der Waals surface area contributed by atoms with Crippen LogP contribution in [0, 0.1) is 13.8 Å². The molecule has 0 aliphatic carbocycles. The third-order valence-corrected chi connectivity index (χ3v) is 6.63. The van der Waals surface area contributed by atoms with Crippen molar-refractivity contribution in [2.24, 2.45) is 0 Å². The van der Waals surface area contributed by atoms with Crippen LogP contribution in [0.5, 0.6) is 0 Å². The number of rotatable bonds is 4. The molecule has 0 saturated heterocycles. The number of imidazole rings is 1. The van der Waals surface area contributed by atoms with Crippen molar-refractivity contribution in [3.05, 3.63) is 119 Å². The van der Waals surface area contributed by atoms with Crippen LogP contribution in [0.2, 0.25) is 0 Å². The van der Waals surface area contributed by atoms with E-state index >= 15 is 0 Å². The fraction of sp³-hybridized carbons (Fsp3) is 0.0667. The van der Waals surface area contributed by atoms with Crippen LogP contribution in [0.25, 0.3) is 16.9 Å². The van der Waals surface area contributed by atoms with Gasteiger partial charge < -0.3 is 5.32 Å². The van der Waals surface area contributed by atoms with Crippen LogP contribution in [0.15, 0.2) is 91.1 Å². The molecule has 1 aliphatic heterocycles. The zero-order valence-corrected chi connectivity index (χ0v) is 20.2. The molecule has 0 fully saturated rings. The van der Waals surface area contributed by atoms with Gasteiger partial charge in [-0.05, 0) is 55.3 Å². The van der Waals surface area contributed by atoms with Gasteiger partial charge in [-0.15, -0.1) is 0 Å². The number of aryl methyl sites for hydroxylation is 2. The van der Waals surface area contributed by atoms with Crippen LogP contribution in [0.1, 0.15) is 42.2 Å². The number of anilines is 2. The van der Waals surface area contributed by atoms with Crippen molar-refractivity contribution in [3.8, 4) is 11.3 Å². The molecule has 0 saturated carbocycles. The summed E-state index contributed by atoms with van der Waals surface area (Å²) in [6, 6.07) is 25.3. The van der Waals surface area contributed by atoms with Gasteiger partial charge in [0.2, 0.25) is 0 Å². The molecule has 3 heterocycles. The Morgan fingerprint density at radius 1 is 0.784 bits per heavy atom. The number of carbonyl (C=O) groups excluding carboxylic acids is 3. The fourth-order valence-electron chi connectivity index (χ4n) is 4.72. The highest BCUT2D eigenvalue weighted by Gasteiger charge is 2.37. The molecule has 7 heteroatoms. The van der Waals surface area contributed by atoms with Gasteiger partial charge in [0, 0.05) is 17.3 Å². The number of fused-ring (bicyclic) bond motifs is 2. The first-order chi connectivity index (χ1) is 17.9. The number of nitrogens with one attached hydrogen (secondary N) is 1. The van der Waals surface area contributed by atoms with E-state index in [-0.39, 0.29) is 16.7 Å². The SMILES string of the molecule is Cc1ccccc1N1C(=O)c2ccc(C(=O)Nc3c(-c4ccccc4)nc4c(C)cccn34)cc2C1=O. The lowest BCUT2D eigenvalue weighted by Crippen LogP contribution is -2.29. The molecule has 7 nitrogen and oxygen atoms in total. The number of para-hydroxylation sites is 1. The average molecular weight is 487 g/mol. The lowest BCUT2D eigenvalue weighted by atomic mass is 10.1. The molecule has 180 valence electrons. The second-order valence-corrected chi connectivity index (χ2v) is 9.01. The van der Waals surface area contributed by atoms with Crippen LogP contribution in [-0.4, -0.2) is 27.1 Å². The van der Waals surface area contributed by atoms with Gasteiger partial charge in [-0.2, -0.15) is 0 Å². The molecular formula is C30H22N4O3. The molecule has 0 radical (unpaired) electrons. The van der Waals surface area contributed by atoms with E-state index in [1.54, 1.807) is 24.3 Å². The molecule has 37 heavy (non-hydrogen) atoms. The Morgan fingerprint density at radius 3 is 2.27 bits per heavy atom. The van der Waals surface area contributed by atoms with Crippen molar-refractivity contribution in [2.75, 3.05) is 10.2 Å². The summed E-state index contributed by atoms with van der Waals surface area (Å²) >= 11 is 0. The number of hydrogen-bond acceptors (Lipinski definition) is 4. The summed E-state index contributed by atoms with van der Waals surface area (Å²) in [5.41, 5.74) is 5.32. The summed E-state index contributed by atoms with van der Waals surface area (Å²) in [5, 5.41) is 3.00. The van der Waals surface area contributed by atoms with Crippen molar-refractivity contribution < 1.29 is 14.4 Å².